The molecule has 2 saturated heterocycles. The van der Waals surface area contributed by atoms with Crippen LogP contribution in [0.1, 0.15) is 46.0 Å². The van der Waals surface area contributed by atoms with E-state index in [1.807, 2.05) is 0 Å². The lowest BCUT2D eigenvalue weighted by atomic mass is 9.80. The van der Waals surface area contributed by atoms with Crippen LogP contribution in [0.2, 0.25) is 0 Å². The fourth-order valence-electron chi connectivity index (χ4n) is 3.91. The van der Waals surface area contributed by atoms with Gasteiger partial charge in [-0.05, 0) is 31.1 Å². The fraction of sp³-hybridized carbons (Fsp3) is 1.00. The summed E-state index contributed by atoms with van der Waals surface area (Å²) in [4.78, 5) is 0. The van der Waals surface area contributed by atoms with Gasteiger partial charge in [0.2, 0.25) is 0 Å². The molecule has 2 heterocycles. The molecule has 1 spiro atoms. The molecule has 3 fully saturated rings. The minimum atomic E-state index is -0.336. The van der Waals surface area contributed by atoms with Crippen LogP contribution in [0.5, 0.6) is 0 Å². The van der Waals surface area contributed by atoms with Crippen molar-refractivity contribution < 1.29 is 14.2 Å². The third-order valence-electron chi connectivity index (χ3n) is 5.21. The molecular weight excluding hydrogens is 254 g/mol. The smallest absolute Gasteiger partial charge is 0.173 e. The molecule has 0 bridgehead atoms. The van der Waals surface area contributed by atoms with Gasteiger partial charge in [0.1, 0.15) is 0 Å². The maximum Gasteiger partial charge on any atom is 0.173 e. The van der Waals surface area contributed by atoms with Gasteiger partial charge in [0.15, 0.2) is 5.79 Å². The standard InChI is InChI=1S/C16H29NO3/c1-12-3-4-15(13(2)9-12)17-10-14-11-19-16(20-14)5-7-18-8-6-16/h12-15,17H,3-11H2,1-2H3/t12-,13+,14-,15+/m1/s1. The molecule has 3 aliphatic rings. The second kappa shape index (κ2) is 6.30. The predicted octanol–water partition coefficient (Wildman–Crippen LogP) is 2.32. The minimum absolute atomic E-state index is 0.208. The van der Waals surface area contributed by atoms with E-state index in [1.54, 1.807) is 0 Å². The second-order valence-electron chi connectivity index (χ2n) is 6.98. The quantitative estimate of drug-likeness (QED) is 0.863. The highest BCUT2D eigenvalue weighted by Crippen LogP contribution is 2.33. The Hall–Kier alpha value is -0.160. The highest BCUT2D eigenvalue weighted by Gasteiger charge is 2.42. The molecule has 0 unspecified atom stereocenters. The molecule has 3 rings (SSSR count). The second-order valence-corrected chi connectivity index (χ2v) is 6.98. The molecule has 0 aromatic carbocycles. The Balaban J connectivity index is 1.43. The molecular formula is C16H29NO3. The lowest BCUT2D eigenvalue weighted by Crippen LogP contribution is -2.44. The zero-order valence-electron chi connectivity index (χ0n) is 12.9. The van der Waals surface area contributed by atoms with E-state index in [0.717, 1.165) is 51.0 Å². The van der Waals surface area contributed by atoms with Gasteiger partial charge in [0.05, 0.1) is 25.9 Å². The first-order valence-electron chi connectivity index (χ1n) is 8.30. The molecule has 0 radical (unpaired) electrons. The van der Waals surface area contributed by atoms with Crippen LogP contribution >= 0.6 is 0 Å². The van der Waals surface area contributed by atoms with E-state index in [4.69, 9.17) is 14.2 Å². The highest BCUT2D eigenvalue weighted by atomic mass is 16.7. The van der Waals surface area contributed by atoms with Gasteiger partial charge < -0.3 is 19.5 Å². The summed E-state index contributed by atoms with van der Waals surface area (Å²) in [5.41, 5.74) is 0. The molecule has 4 nitrogen and oxygen atoms in total. The van der Waals surface area contributed by atoms with E-state index in [-0.39, 0.29) is 11.9 Å². The summed E-state index contributed by atoms with van der Waals surface area (Å²) in [5, 5.41) is 3.72. The van der Waals surface area contributed by atoms with Crippen LogP contribution in [-0.2, 0) is 14.2 Å². The van der Waals surface area contributed by atoms with Gasteiger partial charge in [-0.1, -0.05) is 13.8 Å². The molecule has 1 N–H and O–H groups in total. The van der Waals surface area contributed by atoms with Crippen LogP contribution < -0.4 is 5.32 Å². The molecule has 4 atom stereocenters. The molecule has 0 amide bonds. The molecule has 116 valence electrons. The number of hydrogen-bond acceptors (Lipinski definition) is 4. The Morgan fingerprint density at radius 1 is 1.15 bits per heavy atom. The predicted molar refractivity (Wildman–Crippen MR) is 77.6 cm³/mol. The van der Waals surface area contributed by atoms with Crippen molar-refractivity contribution in [3.63, 3.8) is 0 Å². The summed E-state index contributed by atoms with van der Waals surface area (Å²) in [6, 6.07) is 0.654. The first-order chi connectivity index (χ1) is 9.67. The van der Waals surface area contributed by atoms with Crippen molar-refractivity contribution in [3.05, 3.63) is 0 Å². The zero-order chi connectivity index (χ0) is 14.0. The summed E-state index contributed by atoms with van der Waals surface area (Å²) < 4.78 is 17.5. The van der Waals surface area contributed by atoms with Crippen molar-refractivity contribution >= 4 is 0 Å². The van der Waals surface area contributed by atoms with Crippen molar-refractivity contribution in [1.29, 1.82) is 0 Å². The van der Waals surface area contributed by atoms with Crippen LogP contribution in [0.3, 0.4) is 0 Å². The topological polar surface area (TPSA) is 39.7 Å². The SMILES string of the molecule is C[C@@H]1CC[C@H](NC[C@@H]2COC3(CCOCC3)O2)[C@@H](C)C1. The Kier molecular flexibility index (Phi) is 4.65. The summed E-state index contributed by atoms with van der Waals surface area (Å²) in [6.07, 6.45) is 5.96. The highest BCUT2D eigenvalue weighted by molar-refractivity contribution is 4.85. The average Bonchev–Trinajstić information content (AvgIpc) is 2.82. The maximum atomic E-state index is 6.17. The van der Waals surface area contributed by atoms with Crippen molar-refractivity contribution in [2.75, 3.05) is 26.4 Å². The largest absolute Gasteiger partial charge is 0.381 e. The van der Waals surface area contributed by atoms with Gasteiger partial charge in [0.25, 0.3) is 0 Å². The van der Waals surface area contributed by atoms with E-state index in [0.29, 0.717) is 6.04 Å². The number of nitrogens with one attached hydrogen (secondary N) is 1. The number of ether oxygens (including phenoxy) is 3. The third kappa shape index (κ3) is 3.35. The normalized spacial score (nSPS) is 41.1. The number of hydrogen-bond donors (Lipinski definition) is 1. The monoisotopic (exact) mass is 283 g/mol. The molecule has 1 saturated carbocycles. The molecule has 1 aliphatic carbocycles. The summed E-state index contributed by atoms with van der Waals surface area (Å²) in [6.45, 7) is 7.92. The van der Waals surface area contributed by atoms with Gasteiger partial charge in [0, 0.05) is 25.4 Å². The number of rotatable bonds is 3. The van der Waals surface area contributed by atoms with Crippen LogP contribution in [0.15, 0.2) is 0 Å². The van der Waals surface area contributed by atoms with Gasteiger partial charge >= 0.3 is 0 Å². The third-order valence-corrected chi connectivity index (χ3v) is 5.21. The molecule has 4 heteroatoms. The summed E-state index contributed by atoms with van der Waals surface area (Å²) in [7, 11) is 0. The summed E-state index contributed by atoms with van der Waals surface area (Å²) >= 11 is 0. The van der Waals surface area contributed by atoms with Gasteiger partial charge in [-0.2, -0.15) is 0 Å². The Labute approximate surface area is 122 Å². The maximum absolute atomic E-state index is 6.17. The minimum Gasteiger partial charge on any atom is -0.381 e. The first-order valence-corrected chi connectivity index (χ1v) is 8.30. The van der Waals surface area contributed by atoms with E-state index in [2.05, 4.69) is 19.2 Å². The van der Waals surface area contributed by atoms with Crippen LogP contribution in [0, 0.1) is 11.8 Å². The van der Waals surface area contributed by atoms with Crippen molar-refractivity contribution in [1.82, 2.24) is 5.32 Å². The van der Waals surface area contributed by atoms with Crippen molar-refractivity contribution in [2.45, 2.75) is 63.9 Å². The lowest BCUT2D eigenvalue weighted by molar-refractivity contribution is -0.210. The van der Waals surface area contributed by atoms with Crippen molar-refractivity contribution in [3.8, 4) is 0 Å². The van der Waals surface area contributed by atoms with Crippen LogP contribution in [-0.4, -0.2) is 44.3 Å². The first kappa shape index (κ1) is 14.8. The van der Waals surface area contributed by atoms with E-state index < -0.39 is 0 Å². The van der Waals surface area contributed by atoms with E-state index in [9.17, 15) is 0 Å². The molecule has 0 aromatic rings. The van der Waals surface area contributed by atoms with Crippen molar-refractivity contribution in [2.24, 2.45) is 11.8 Å². The van der Waals surface area contributed by atoms with Crippen LogP contribution in [0.4, 0.5) is 0 Å². The Morgan fingerprint density at radius 3 is 2.70 bits per heavy atom. The molecule has 2 aliphatic heterocycles. The molecule has 0 aromatic heterocycles. The van der Waals surface area contributed by atoms with Gasteiger partial charge in [-0.15, -0.1) is 0 Å². The lowest BCUT2D eigenvalue weighted by Gasteiger charge is -2.34. The zero-order valence-corrected chi connectivity index (χ0v) is 12.9. The van der Waals surface area contributed by atoms with Gasteiger partial charge in [-0.3, -0.25) is 0 Å². The van der Waals surface area contributed by atoms with E-state index in [1.165, 1.54) is 19.3 Å². The Morgan fingerprint density at radius 2 is 1.95 bits per heavy atom. The average molecular weight is 283 g/mol. The van der Waals surface area contributed by atoms with Gasteiger partial charge in [-0.25, -0.2) is 0 Å². The Bertz CT molecular complexity index is 317. The summed E-state index contributed by atoms with van der Waals surface area (Å²) in [5.74, 6) is 1.33. The fourth-order valence-corrected chi connectivity index (χ4v) is 3.91. The van der Waals surface area contributed by atoms with Crippen LogP contribution in [0.25, 0.3) is 0 Å². The van der Waals surface area contributed by atoms with E-state index >= 15 is 0 Å². The molecule has 20 heavy (non-hydrogen) atoms.